The number of imide groups is 1. The molecule has 0 N–H and O–H groups in total. The van der Waals surface area contributed by atoms with Crippen molar-refractivity contribution in [3.8, 4) is 0 Å². The molecule has 7 heteroatoms. The van der Waals surface area contributed by atoms with Crippen LogP contribution in [0.1, 0.15) is 27.1 Å². The molecule has 4 rings (SSSR count). The van der Waals surface area contributed by atoms with Crippen molar-refractivity contribution in [2.24, 2.45) is 0 Å². The van der Waals surface area contributed by atoms with E-state index < -0.39 is 0 Å². The molecule has 0 radical (unpaired) electrons. The van der Waals surface area contributed by atoms with Crippen LogP contribution in [0.2, 0.25) is 0 Å². The fraction of sp³-hybridized carbons (Fsp3) is 0.438. The summed E-state index contributed by atoms with van der Waals surface area (Å²) in [5, 5.41) is 0. The Kier molecular flexibility index (Phi) is 3.30. The summed E-state index contributed by atoms with van der Waals surface area (Å²) < 4.78 is 10.5. The summed E-state index contributed by atoms with van der Waals surface area (Å²) in [5.41, 5.74) is 0.893. The lowest BCUT2D eigenvalue weighted by atomic mass is 10.1. The van der Waals surface area contributed by atoms with Crippen molar-refractivity contribution in [1.29, 1.82) is 0 Å². The quantitative estimate of drug-likeness (QED) is 0.771. The predicted molar refractivity (Wildman–Crippen MR) is 78.0 cm³/mol. The van der Waals surface area contributed by atoms with Gasteiger partial charge in [-0.1, -0.05) is 12.1 Å². The van der Waals surface area contributed by atoms with Crippen molar-refractivity contribution in [1.82, 2.24) is 9.80 Å². The number of fused-ring (bicyclic) bond motifs is 2. The minimum Gasteiger partial charge on any atom is -0.441 e. The van der Waals surface area contributed by atoms with Crippen molar-refractivity contribution >= 4 is 17.9 Å². The molecular weight excluding hydrogens is 300 g/mol. The van der Waals surface area contributed by atoms with E-state index in [0.717, 1.165) is 0 Å². The van der Waals surface area contributed by atoms with Gasteiger partial charge in [0.25, 0.3) is 11.8 Å². The molecule has 3 heterocycles. The van der Waals surface area contributed by atoms with E-state index in [1.165, 1.54) is 4.90 Å². The summed E-state index contributed by atoms with van der Waals surface area (Å²) >= 11 is 0. The molecule has 2 saturated heterocycles. The SMILES string of the molecule is O=C1c2ccccc2C(=O)N1CCCN1C(=O)O[C@H]2COC[C@H]21. The first-order valence-electron chi connectivity index (χ1n) is 7.67. The summed E-state index contributed by atoms with van der Waals surface area (Å²) in [6.45, 7) is 1.64. The third kappa shape index (κ3) is 2.19. The van der Waals surface area contributed by atoms with Crippen LogP contribution in [-0.4, -0.2) is 66.2 Å². The molecule has 3 aliphatic rings. The number of hydrogen-bond donors (Lipinski definition) is 0. The molecule has 3 amide bonds. The Balaban J connectivity index is 1.38. The molecule has 7 nitrogen and oxygen atoms in total. The van der Waals surface area contributed by atoms with Crippen LogP contribution in [0.4, 0.5) is 4.79 Å². The minimum absolute atomic E-state index is 0.0512. The molecule has 0 unspecified atom stereocenters. The van der Waals surface area contributed by atoms with Crippen molar-refractivity contribution in [3.05, 3.63) is 35.4 Å². The maximum absolute atomic E-state index is 12.3. The lowest BCUT2D eigenvalue weighted by Crippen LogP contribution is -2.39. The smallest absolute Gasteiger partial charge is 0.410 e. The summed E-state index contributed by atoms with van der Waals surface area (Å²) in [6, 6.07) is 6.76. The van der Waals surface area contributed by atoms with Crippen LogP contribution in [0.25, 0.3) is 0 Å². The molecule has 3 aliphatic heterocycles. The van der Waals surface area contributed by atoms with Gasteiger partial charge in [-0.15, -0.1) is 0 Å². The van der Waals surface area contributed by atoms with Crippen LogP contribution in [0, 0.1) is 0 Å². The Morgan fingerprint density at radius 3 is 2.39 bits per heavy atom. The minimum atomic E-state index is -0.342. The van der Waals surface area contributed by atoms with Crippen LogP contribution < -0.4 is 0 Å². The molecule has 23 heavy (non-hydrogen) atoms. The van der Waals surface area contributed by atoms with E-state index in [9.17, 15) is 14.4 Å². The van der Waals surface area contributed by atoms with Gasteiger partial charge in [0.2, 0.25) is 0 Å². The van der Waals surface area contributed by atoms with Gasteiger partial charge in [-0.2, -0.15) is 0 Å². The first kappa shape index (κ1) is 14.2. The van der Waals surface area contributed by atoms with Gasteiger partial charge in [-0.3, -0.25) is 19.4 Å². The Morgan fingerprint density at radius 1 is 1.00 bits per heavy atom. The second-order valence-electron chi connectivity index (χ2n) is 5.88. The Hall–Kier alpha value is -2.41. The topological polar surface area (TPSA) is 76.2 Å². The number of nitrogens with zero attached hydrogens (tertiary/aromatic N) is 2. The van der Waals surface area contributed by atoms with Crippen molar-refractivity contribution in [2.75, 3.05) is 26.3 Å². The van der Waals surface area contributed by atoms with Gasteiger partial charge >= 0.3 is 6.09 Å². The van der Waals surface area contributed by atoms with E-state index >= 15 is 0 Å². The number of hydrogen-bond acceptors (Lipinski definition) is 5. The molecule has 120 valence electrons. The third-order valence-corrected chi connectivity index (χ3v) is 4.55. The van der Waals surface area contributed by atoms with Crippen LogP contribution in [0.15, 0.2) is 24.3 Å². The maximum atomic E-state index is 12.3. The Labute approximate surface area is 132 Å². The first-order valence-corrected chi connectivity index (χ1v) is 7.67. The van der Waals surface area contributed by atoms with E-state index in [4.69, 9.17) is 9.47 Å². The van der Waals surface area contributed by atoms with Crippen LogP contribution >= 0.6 is 0 Å². The number of carbonyl (C=O) groups is 3. The van der Waals surface area contributed by atoms with Gasteiger partial charge in [-0.05, 0) is 18.6 Å². The molecule has 1 aromatic carbocycles. The maximum Gasteiger partial charge on any atom is 0.410 e. The molecule has 0 saturated carbocycles. The standard InChI is InChI=1S/C16H16N2O5/c19-14-10-4-1-2-5-11(10)15(20)18(14)7-3-6-17-12-8-22-9-13(12)23-16(17)21/h1-2,4-5,12-13H,3,6-9H2/t12-,13+/m1/s1. The second kappa shape index (κ2) is 5.34. The van der Waals surface area contributed by atoms with Crippen LogP contribution in [0.3, 0.4) is 0 Å². The van der Waals surface area contributed by atoms with Gasteiger partial charge in [0.05, 0.1) is 30.4 Å². The number of ether oxygens (including phenoxy) is 2. The number of benzene rings is 1. The highest BCUT2D eigenvalue weighted by Crippen LogP contribution is 2.26. The fourth-order valence-corrected chi connectivity index (χ4v) is 3.36. The van der Waals surface area contributed by atoms with Gasteiger partial charge < -0.3 is 9.47 Å². The van der Waals surface area contributed by atoms with Gasteiger partial charge in [0.15, 0.2) is 0 Å². The highest BCUT2D eigenvalue weighted by molar-refractivity contribution is 6.21. The molecule has 1 aromatic rings. The summed E-state index contributed by atoms with van der Waals surface area (Å²) in [5.74, 6) is -0.534. The first-order chi connectivity index (χ1) is 11.2. The zero-order valence-corrected chi connectivity index (χ0v) is 12.4. The van der Waals surface area contributed by atoms with Crippen molar-refractivity contribution < 1.29 is 23.9 Å². The highest BCUT2D eigenvalue weighted by atomic mass is 16.6. The molecule has 2 fully saturated rings. The summed E-state index contributed by atoms with van der Waals surface area (Å²) in [7, 11) is 0. The van der Waals surface area contributed by atoms with E-state index in [2.05, 4.69) is 0 Å². The average molecular weight is 316 g/mol. The second-order valence-corrected chi connectivity index (χ2v) is 5.88. The van der Waals surface area contributed by atoms with Crippen molar-refractivity contribution in [3.63, 3.8) is 0 Å². The summed E-state index contributed by atoms with van der Waals surface area (Å²) in [4.78, 5) is 39.2. The largest absolute Gasteiger partial charge is 0.441 e. The average Bonchev–Trinajstić information content (AvgIpc) is 3.18. The lowest BCUT2D eigenvalue weighted by molar-refractivity contribution is 0.0646. The normalized spacial score (nSPS) is 25.8. The van der Waals surface area contributed by atoms with Crippen LogP contribution in [0.5, 0.6) is 0 Å². The number of carbonyl (C=O) groups excluding carboxylic acids is 3. The Morgan fingerprint density at radius 2 is 1.70 bits per heavy atom. The Bertz CT molecular complexity index is 654. The lowest BCUT2D eigenvalue weighted by Gasteiger charge is -2.20. The fourth-order valence-electron chi connectivity index (χ4n) is 3.36. The molecule has 0 aromatic heterocycles. The number of amides is 3. The third-order valence-electron chi connectivity index (χ3n) is 4.55. The van der Waals surface area contributed by atoms with Crippen LogP contribution in [-0.2, 0) is 9.47 Å². The molecule has 0 bridgehead atoms. The highest BCUT2D eigenvalue weighted by Gasteiger charge is 2.45. The zero-order chi connectivity index (χ0) is 16.0. The molecule has 0 aliphatic carbocycles. The van der Waals surface area contributed by atoms with Gasteiger partial charge in [0, 0.05) is 13.1 Å². The molecule has 0 spiro atoms. The van der Waals surface area contributed by atoms with Gasteiger partial charge in [-0.25, -0.2) is 4.79 Å². The van der Waals surface area contributed by atoms with Gasteiger partial charge in [0.1, 0.15) is 6.10 Å². The molecular formula is C16H16N2O5. The zero-order valence-electron chi connectivity index (χ0n) is 12.4. The number of rotatable bonds is 4. The van der Waals surface area contributed by atoms with E-state index in [1.54, 1.807) is 29.2 Å². The van der Waals surface area contributed by atoms with E-state index in [-0.39, 0.29) is 36.6 Å². The van der Waals surface area contributed by atoms with E-state index in [1.807, 2.05) is 0 Å². The predicted octanol–water partition coefficient (Wildman–Crippen LogP) is 0.892. The monoisotopic (exact) mass is 316 g/mol. The summed E-state index contributed by atoms with van der Waals surface area (Å²) in [6.07, 6.45) is -0.0171. The van der Waals surface area contributed by atoms with E-state index in [0.29, 0.717) is 37.3 Å². The van der Waals surface area contributed by atoms with Crippen molar-refractivity contribution in [2.45, 2.75) is 18.6 Å². The molecule has 2 atom stereocenters.